The van der Waals surface area contributed by atoms with Crippen LogP contribution in [0.15, 0.2) is 50.7 Å². The average Bonchev–Trinajstić information content (AvgIpc) is 3.13. The Labute approximate surface area is 121 Å². The number of nitrogens with one attached hydrogen (secondary N) is 1. The number of amides is 1. The fourth-order valence-electron chi connectivity index (χ4n) is 1.46. The molecule has 1 amide bonds. The molecule has 0 radical (unpaired) electrons. The van der Waals surface area contributed by atoms with Gasteiger partial charge >= 0.3 is 12.1 Å². The van der Waals surface area contributed by atoms with Gasteiger partial charge in [-0.2, -0.15) is 18.3 Å². The maximum Gasteiger partial charge on any atom is 0.431 e. The number of hydrogen-bond acceptors (Lipinski definition) is 5. The molecular weight excluding hydrogens is 305 g/mol. The Bertz CT molecular complexity index is 673. The summed E-state index contributed by atoms with van der Waals surface area (Å²) in [6.07, 6.45) is -3.59. The molecule has 2 rings (SSSR count). The SMILES string of the molecule is O=C(CC(=NNC(=O)c1ccco1)C(F)(F)F)c1ccco1. The van der Waals surface area contributed by atoms with Crippen LogP contribution >= 0.6 is 0 Å². The second-order valence-corrected chi connectivity index (χ2v) is 4.05. The van der Waals surface area contributed by atoms with Crippen molar-refractivity contribution in [1.29, 1.82) is 0 Å². The molecule has 6 nitrogen and oxygen atoms in total. The number of furan rings is 2. The summed E-state index contributed by atoms with van der Waals surface area (Å²) < 4.78 is 47.9. The van der Waals surface area contributed by atoms with Crippen LogP contribution in [0.5, 0.6) is 0 Å². The van der Waals surface area contributed by atoms with E-state index in [-0.39, 0.29) is 11.5 Å². The van der Waals surface area contributed by atoms with Crippen LogP contribution in [0.3, 0.4) is 0 Å². The third-order valence-electron chi connectivity index (χ3n) is 2.49. The van der Waals surface area contributed by atoms with Crippen LogP contribution in [0.25, 0.3) is 0 Å². The molecule has 0 aliphatic rings. The van der Waals surface area contributed by atoms with Gasteiger partial charge in [0.05, 0.1) is 18.9 Å². The zero-order valence-corrected chi connectivity index (χ0v) is 10.9. The molecule has 2 aromatic rings. The van der Waals surface area contributed by atoms with Gasteiger partial charge < -0.3 is 8.83 Å². The minimum Gasteiger partial charge on any atom is -0.461 e. The smallest absolute Gasteiger partial charge is 0.431 e. The topological polar surface area (TPSA) is 84.8 Å². The number of ketones is 1. The van der Waals surface area contributed by atoms with E-state index in [9.17, 15) is 22.8 Å². The first kappa shape index (κ1) is 15.5. The molecule has 0 saturated heterocycles. The number of alkyl halides is 3. The first-order valence-electron chi connectivity index (χ1n) is 5.92. The van der Waals surface area contributed by atoms with Gasteiger partial charge in [0.1, 0.15) is 5.71 Å². The minimum absolute atomic E-state index is 0.206. The van der Waals surface area contributed by atoms with E-state index in [4.69, 9.17) is 8.83 Å². The van der Waals surface area contributed by atoms with Crippen LogP contribution in [0, 0.1) is 0 Å². The number of rotatable bonds is 5. The summed E-state index contributed by atoms with van der Waals surface area (Å²) in [5.41, 5.74) is 0.245. The predicted molar refractivity (Wildman–Crippen MR) is 67.3 cm³/mol. The first-order valence-corrected chi connectivity index (χ1v) is 5.92. The molecule has 0 fully saturated rings. The number of nitrogens with zero attached hydrogens (tertiary/aromatic N) is 1. The van der Waals surface area contributed by atoms with E-state index in [1.165, 1.54) is 30.5 Å². The van der Waals surface area contributed by atoms with Gasteiger partial charge in [0.2, 0.25) is 5.78 Å². The van der Waals surface area contributed by atoms with Crippen LogP contribution < -0.4 is 5.43 Å². The van der Waals surface area contributed by atoms with Crippen molar-refractivity contribution in [2.24, 2.45) is 5.10 Å². The molecule has 22 heavy (non-hydrogen) atoms. The monoisotopic (exact) mass is 314 g/mol. The van der Waals surface area contributed by atoms with Gasteiger partial charge in [0, 0.05) is 0 Å². The van der Waals surface area contributed by atoms with Crippen LogP contribution in [0.4, 0.5) is 13.2 Å². The van der Waals surface area contributed by atoms with Crippen molar-refractivity contribution >= 4 is 17.4 Å². The molecule has 0 spiro atoms. The molecule has 1 N–H and O–H groups in total. The minimum atomic E-state index is -4.88. The Hall–Kier alpha value is -2.84. The summed E-state index contributed by atoms with van der Waals surface area (Å²) in [6, 6.07) is 5.25. The molecule has 0 atom stereocenters. The summed E-state index contributed by atoms with van der Waals surface area (Å²) in [5.74, 6) is -2.30. The van der Waals surface area contributed by atoms with E-state index in [1.54, 1.807) is 5.43 Å². The van der Waals surface area contributed by atoms with Crippen molar-refractivity contribution in [2.45, 2.75) is 12.6 Å². The van der Waals surface area contributed by atoms with Crippen LogP contribution in [-0.2, 0) is 0 Å². The summed E-state index contributed by atoms with van der Waals surface area (Å²) in [7, 11) is 0. The zero-order chi connectivity index (χ0) is 16.2. The normalized spacial score (nSPS) is 12.2. The van der Waals surface area contributed by atoms with E-state index >= 15 is 0 Å². The number of halogens is 3. The van der Waals surface area contributed by atoms with E-state index < -0.39 is 30.0 Å². The van der Waals surface area contributed by atoms with E-state index in [0.717, 1.165) is 6.26 Å². The summed E-state index contributed by atoms with van der Waals surface area (Å²) in [5, 5.41) is 2.97. The second-order valence-electron chi connectivity index (χ2n) is 4.05. The van der Waals surface area contributed by atoms with Gasteiger partial charge in [0.25, 0.3) is 0 Å². The number of carbonyl (C=O) groups is 2. The average molecular weight is 314 g/mol. The highest BCUT2D eigenvalue weighted by Crippen LogP contribution is 2.21. The first-order chi connectivity index (χ1) is 10.4. The zero-order valence-electron chi connectivity index (χ0n) is 10.9. The highest BCUT2D eigenvalue weighted by atomic mass is 19.4. The molecule has 9 heteroatoms. The molecule has 2 aromatic heterocycles. The predicted octanol–water partition coefficient (Wildman–Crippen LogP) is 2.79. The van der Waals surface area contributed by atoms with Crippen LogP contribution in [0.2, 0.25) is 0 Å². The number of hydrogen-bond donors (Lipinski definition) is 1. The standard InChI is InChI=1S/C13H9F3N2O4/c14-13(15,16)11(7-8(19)9-3-1-5-21-9)17-18-12(20)10-4-2-6-22-10/h1-6H,7H2,(H,18,20). The van der Waals surface area contributed by atoms with E-state index in [1.807, 2.05) is 0 Å². The Kier molecular flexibility index (Phi) is 4.44. The van der Waals surface area contributed by atoms with Gasteiger partial charge in [-0.25, -0.2) is 5.43 Å². The largest absolute Gasteiger partial charge is 0.461 e. The molecule has 0 bridgehead atoms. The Morgan fingerprint density at radius 1 is 1.09 bits per heavy atom. The molecule has 0 aliphatic heterocycles. The molecule has 2 heterocycles. The third kappa shape index (κ3) is 3.84. The molecular formula is C13H9F3N2O4. The number of carbonyl (C=O) groups excluding carboxylic acids is 2. The molecule has 116 valence electrons. The molecule has 0 aliphatic carbocycles. The van der Waals surface area contributed by atoms with E-state index in [0.29, 0.717) is 0 Å². The summed E-state index contributed by atoms with van der Waals surface area (Å²) in [4.78, 5) is 23.1. The molecule has 0 unspecified atom stereocenters. The quantitative estimate of drug-likeness (QED) is 0.522. The Balaban J connectivity index is 2.11. The highest BCUT2D eigenvalue weighted by molar-refractivity contribution is 6.10. The lowest BCUT2D eigenvalue weighted by Gasteiger charge is -2.09. The van der Waals surface area contributed by atoms with Crippen molar-refractivity contribution in [2.75, 3.05) is 0 Å². The van der Waals surface area contributed by atoms with Crippen LogP contribution in [-0.4, -0.2) is 23.6 Å². The summed E-state index contributed by atoms with van der Waals surface area (Å²) >= 11 is 0. The van der Waals surface area contributed by atoms with Gasteiger partial charge in [0.15, 0.2) is 11.5 Å². The van der Waals surface area contributed by atoms with Crippen LogP contribution in [0.1, 0.15) is 27.5 Å². The Morgan fingerprint density at radius 3 is 2.18 bits per heavy atom. The number of Topliss-reactive ketones (excluding diaryl/α,β-unsaturated/α-hetero) is 1. The lowest BCUT2D eigenvalue weighted by molar-refractivity contribution is -0.0605. The van der Waals surface area contributed by atoms with Gasteiger partial charge in [-0.05, 0) is 24.3 Å². The van der Waals surface area contributed by atoms with Crippen molar-refractivity contribution in [1.82, 2.24) is 5.43 Å². The van der Waals surface area contributed by atoms with Crippen molar-refractivity contribution < 1.29 is 31.6 Å². The maximum atomic E-state index is 12.8. The lowest BCUT2D eigenvalue weighted by Crippen LogP contribution is -2.30. The fourth-order valence-corrected chi connectivity index (χ4v) is 1.46. The van der Waals surface area contributed by atoms with Crippen molar-refractivity contribution in [3.05, 3.63) is 48.3 Å². The summed E-state index contributed by atoms with van der Waals surface area (Å²) in [6.45, 7) is 0. The Morgan fingerprint density at radius 2 is 1.68 bits per heavy atom. The van der Waals surface area contributed by atoms with Gasteiger partial charge in [-0.1, -0.05) is 0 Å². The maximum absolute atomic E-state index is 12.8. The lowest BCUT2D eigenvalue weighted by atomic mass is 10.1. The molecule has 0 saturated carbocycles. The van der Waals surface area contributed by atoms with Gasteiger partial charge in [-0.3, -0.25) is 9.59 Å². The highest BCUT2D eigenvalue weighted by Gasteiger charge is 2.38. The van der Waals surface area contributed by atoms with Crippen molar-refractivity contribution in [3.63, 3.8) is 0 Å². The fraction of sp³-hybridized carbons (Fsp3) is 0.154. The third-order valence-corrected chi connectivity index (χ3v) is 2.49. The van der Waals surface area contributed by atoms with E-state index in [2.05, 4.69) is 5.10 Å². The van der Waals surface area contributed by atoms with Crippen molar-refractivity contribution in [3.8, 4) is 0 Å². The molecule has 0 aromatic carbocycles. The van der Waals surface area contributed by atoms with Gasteiger partial charge in [-0.15, -0.1) is 0 Å². The number of hydrazone groups is 1. The second kappa shape index (κ2) is 6.29.